The summed E-state index contributed by atoms with van der Waals surface area (Å²) in [4.78, 5) is 13.5. The zero-order chi connectivity index (χ0) is 18.5. The fraction of sp³-hybridized carbons (Fsp3) is 0.562. The van der Waals surface area contributed by atoms with Gasteiger partial charge in [-0.1, -0.05) is 12.1 Å². The van der Waals surface area contributed by atoms with Gasteiger partial charge in [0.25, 0.3) is 0 Å². The van der Waals surface area contributed by atoms with Gasteiger partial charge in [-0.3, -0.25) is 0 Å². The van der Waals surface area contributed by atoms with E-state index in [2.05, 4.69) is 15.9 Å². The molecule has 1 rings (SSSR count). The Hall–Kier alpha value is -1.28. The van der Waals surface area contributed by atoms with Crippen LogP contribution in [0.4, 0.5) is 4.79 Å². The van der Waals surface area contributed by atoms with E-state index in [4.69, 9.17) is 9.47 Å². The molecule has 0 aliphatic rings. The first-order chi connectivity index (χ1) is 10.9. The van der Waals surface area contributed by atoms with Crippen molar-refractivity contribution in [2.45, 2.75) is 32.9 Å². The second-order valence-electron chi connectivity index (χ2n) is 6.54. The van der Waals surface area contributed by atoms with Gasteiger partial charge in [-0.05, 0) is 42.8 Å². The van der Waals surface area contributed by atoms with Crippen LogP contribution in [0, 0.1) is 0 Å². The molecule has 0 aliphatic carbocycles. The summed E-state index contributed by atoms with van der Waals surface area (Å²) in [6, 6.07) is 5.44. The van der Waals surface area contributed by atoms with Crippen LogP contribution in [0.25, 0.3) is 0 Å². The van der Waals surface area contributed by atoms with E-state index in [1.54, 1.807) is 33.9 Å². The topological polar surface area (TPSA) is 72.9 Å². The second-order valence-corrected chi connectivity index (χ2v) is 9.66. The highest BCUT2D eigenvalue weighted by atomic mass is 79.9. The maximum atomic E-state index is 12.1. The van der Waals surface area contributed by atoms with Crippen molar-refractivity contribution in [2.75, 3.05) is 25.7 Å². The molecule has 0 heterocycles. The molecule has 0 N–H and O–H groups in total. The Bertz CT molecular complexity index is 682. The molecule has 0 aliphatic heterocycles. The molecule has 0 fully saturated rings. The summed E-state index contributed by atoms with van der Waals surface area (Å²) in [6.07, 6.45) is 0.720. The van der Waals surface area contributed by atoms with Crippen molar-refractivity contribution in [3.8, 4) is 5.75 Å². The zero-order valence-electron chi connectivity index (χ0n) is 14.6. The summed E-state index contributed by atoms with van der Waals surface area (Å²) in [7, 11) is -1.47. The summed E-state index contributed by atoms with van der Waals surface area (Å²) in [5.41, 5.74) is 0.184. The van der Waals surface area contributed by atoms with Gasteiger partial charge in [-0.25, -0.2) is 13.2 Å². The summed E-state index contributed by atoms with van der Waals surface area (Å²) in [5.74, 6) is 0.451. The van der Waals surface area contributed by atoms with Gasteiger partial charge in [0.05, 0.1) is 16.8 Å². The molecule has 136 valence electrons. The predicted octanol–water partition coefficient (Wildman–Crippen LogP) is 3.24. The van der Waals surface area contributed by atoms with Crippen molar-refractivity contribution in [1.82, 2.24) is 4.90 Å². The standard InChI is InChI=1S/C16H24BrNO5S/c1-16(2,3)23-15(19)18(4)11-12-7-6-8-13(17)14(12)22-9-10-24(5,20)21/h6-8H,9-11H2,1-5H3. The van der Waals surface area contributed by atoms with E-state index < -0.39 is 21.5 Å². The van der Waals surface area contributed by atoms with Crippen LogP contribution in [0.5, 0.6) is 5.75 Å². The highest BCUT2D eigenvalue weighted by Gasteiger charge is 2.21. The highest BCUT2D eigenvalue weighted by molar-refractivity contribution is 9.10. The van der Waals surface area contributed by atoms with Crippen molar-refractivity contribution < 1.29 is 22.7 Å². The van der Waals surface area contributed by atoms with Crippen molar-refractivity contribution in [3.63, 3.8) is 0 Å². The Morgan fingerprint density at radius 2 is 1.92 bits per heavy atom. The molecule has 0 unspecified atom stereocenters. The number of nitrogens with zero attached hydrogens (tertiary/aromatic N) is 1. The number of hydrogen-bond acceptors (Lipinski definition) is 5. The maximum Gasteiger partial charge on any atom is 0.410 e. The van der Waals surface area contributed by atoms with E-state index in [1.807, 2.05) is 12.1 Å². The summed E-state index contributed by atoms with van der Waals surface area (Å²) < 4.78 is 34.1. The lowest BCUT2D eigenvalue weighted by molar-refractivity contribution is 0.0284. The molecular formula is C16H24BrNO5S. The molecular weight excluding hydrogens is 398 g/mol. The zero-order valence-corrected chi connectivity index (χ0v) is 17.0. The molecule has 0 saturated carbocycles. The van der Waals surface area contributed by atoms with Crippen LogP contribution in [0.15, 0.2) is 22.7 Å². The van der Waals surface area contributed by atoms with Crippen LogP contribution in [0.1, 0.15) is 26.3 Å². The Labute approximate surface area is 152 Å². The van der Waals surface area contributed by atoms with Gasteiger partial charge in [0.1, 0.15) is 18.0 Å². The monoisotopic (exact) mass is 421 g/mol. The third kappa shape index (κ3) is 7.53. The second kappa shape index (κ2) is 8.20. The van der Waals surface area contributed by atoms with Gasteiger partial charge in [-0.15, -0.1) is 0 Å². The Morgan fingerprint density at radius 3 is 2.46 bits per heavy atom. The molecule has 0 radical (unpaired) electrons. The number of ether oxygens (including phenoxy) is 2. The van der Waals surface area contributed by atoms with Crippen LogP contribution >= 0.6 is 15.9 Å². The van der Waals surface area contributed by atoms with Crippen LogP contribution in [-0.4, -0.2) is 50.7 Å². The molecule has 8 heteroatoms. The predicted molar refractivity (Wildman–Crippen MR) is 97.0 cm³/mol. The minimum absolute atomic E-state index is 0.0462. The average molecular weight is 422 g/mol. The number of para-hydroxylation sites is 1. The summed E-state index contributed by atoms with van der Waals surface area (Å²) in [6.45, 7) is 5.74. The number of sulfone groups is 1. The van der Waals surface area contributed by atoms with E-state index in [9.17, 15) is 13.2 Å². The summed E-state index contributed by atoms with van der Waals surface area (Å²) >= 11 is 3.39. The summed E-state index contributed by atoms with van der Waals surface area (Å²) in [5, 5.41) is 0. The molecule has 1 aromatic rings. The SMILES string of the molecule is CN(Cc1cccc(Br)c1OCCS(C)(=O)=O)C(=O)OC(C)(C)C. The number of benzene rings is 1. The number of rotatable bonds is 6. The van der Waals surface area contributed by atoms with Crippen molar-refractivity contribution >= 4 is 31.9 Å². The highest BCUT2D eigenvalue weighted by Crippen LogP contribution is 2.30. The van der Waals surface area contributed by atoms with Crippen molar-refractivity contribution in [3.05, 3.63) is 28.2 Å². The van der Waals surface area contributed by atoms with Gasteiger partial charge in [-0.2, -0.15) is 0 Å². The molecule has 0 atom stereocenters. The Morgan fingerprint density at radius 1 is 1.29 bits per heavy atom. The number of carbonyl (C=O) groups excluding carboxylic acids is 1. The van der Waals surface area contributed by atoms with Crippen LogP contribution in [-0.2, 0) is 21.1 Å². The largest absolute Gasteiger partial charge is 0.491 e. The third-order valence-corrected chi connectivity index (χ3v) is 4.39. The number of halogens is 1. The maximum absolute atomic E-state index is 12.1. The Kier molecular flexibility index (Phi) is 7.10. The molecule has 0 saturated heterocycles. The molecule has 0 aromatic heterocycles. The lowest BCUT2D eigenvalue weighted by Crippen LogP contribution is -2.33. The van der Waals surface area contributed by atoms with E-state index >= 15 is 0 Å². The van der Waals surface area contributed by atoms with Gasteiger partial charge in [0.15, 0.2) is 9.84 Å². The van der Waals surface area contributed by atoms with E-state index in [0.717, 1.165) is 11.8 Å². The van der Waals surface area contributed by atoms with Gasteiger partial charge < -0.3 is 14.4 Å². The fourth-order valence-corrected chi connectivity index (χ4v) is 2.70. The first-order valence-electron chi connectivity index (χ1n) is 7.41. The average Bonchev–Trinajstić information content (AvgIpc) is 2.38. The lowest BCUT2D eigenvalue weighted by atomic mass is 10.2. The molecule has 1 aromatic carbocycles. The number of hydrogen-bond donors (Lipinski definition) is 0. The van der Waals surface area contributed by atoms with Crippen LogP contribution in [0.3, 0.4) is 0 Å². The van der Waals surface area contributed by atoms with Crippen molar-refractivity contribution in [1.29, 1.82) is 0 Å². The Balaban J connectivity index is 2.84. The molecule has 0 spiro atoms. The molecule has 6 nitrogen and oxygen atoms in total. The molecule has 1 amide bonds. The van der Waals surface area contributed by atoms with Gasteiger partial charge in [0.2, 0.25) is 0 Å². The molecule has 0 bridgehead atoms. The van der Waals surface area contributed by atoms with Gasteiger partial charge >= 0.3 is 6.09 Å². The van der Waals surface area contributed by atoms with E-state index in [0.29, 0.717) is 10.2 Å². The van der Waals surface area contributed by atoms with Gasteiger partial charge in [0, 0.05) is 18.9 Å². The first kappa shape index (κ1) is 20.8. The fourth-order valence-electron chi connectivity index (χ4n) is 1.79. The lowest BCUT2D eigenvalue weighted by Gasteiger charge is -2.25. The smallest absolute Gasteiger partial charge is 0.410 e. The van der Waals surface area contributed by atoms with E-state index in [1.165, 1.54) is 4.90 Å². The van der Waals surface area contributed by atoms with Crippen molar-refractivity contribution in [2.24, 2.45) is 0 Å². The minimum atomic E-state index is -3.10. The van der Waals surface area contributed by atoms with Crippen LogP contribution in [0.2, 0.25) is 0 Å². The minimum Gasteiger partial charge on any atom is -0.491 e. The quantitative estimate of drug-likeness (QED) is 0.704. The number of carbonyl (C=O) groups is 1. The normalized spacial score (nSPS) is 11.9. The number of amides is 1. The van der Waals surface area contributed by atoms with Crippen LogP contribution < -0.4 is 4.74 Å². The third-order valence-electron chi connectivity index (χ3n) is 2.86. The first-order valence-corrected chi connectivity index (χ1v) is 10.3. The molecule has 24 heavy (non-hydrogen) atoms. The van der Waals surface area contributed by atoms with E-state index in [-0.39, 0.29) is 18.9 Å².